The second kappa shape index (κ2) is 5.12. The average Bonchev–Trinajstić information content (AvgIpc) is 2.91. The summed E-state index contributed by atoms with van der Waals surface area (Å²) >= 11 is 0. The molecule has 3 N–H and O–H groups in total. The van der Waals surface area contributed by atoms with Crippen LogP contribution >= 0.6 is 0 Å². The maximum absolute atomic E-state index is 6.10. The van der Waals surface area contributed by atoms with Crippen molar-refractivity contribution in [3.8, 4) is 0 Å². The standard InChI is InChI=1S/C12H20N6/c1-9(2)11-10(13)12(17(3)16-11)14-6-8-18-7-4-5-15-18/h4-5,7,9,14H,6,8,13H2,1-3H3. The molecule has 0 aromatic carbocycles. The number of nitrogen functional groups attached to an aromatic ring is 1. The highest BCUT2D eigenvalue weighted by Gasteiger charge is 2.15. The number of nitrogens with two attached hydrogens (primary N) is 1. The van der Waals surface area contributed by atoms with E-state index in [1.165, 1.54) is 0 Å². The summed E-state index contributed by atoms with van der Waals surface area (Å²) in [7, 11) is 1.90. The van der Waals surface area contributed by atoms with Gasteiger partial charge in [-0.05, 0) is 12.0 Å². The van der Waals surface area contributed by atoms with Crippen molar-refractivity contribution in [3.05, 3.63) is 24.2 Å². The summed E-state index contributed by atoms with van der Waals surface area (Å²) in [6.45, 7) is 5.75. The Hall–Kier alpha value is -1.98. The molecular formula is C12H20N6. The van der Waals surface area contributed by atoms with Gasteiger partial charge in [-0.15, -0.1) is 0 Å². The van der Waals surface area contributed by atoms with Crippen LogP contribution in [0, 0.1) is 0 Å². The van der Waals surface area contributed by atoms with Gasteiger partial charge >= 0.3 is 0 Å². The molecule has 0 saturated heterocycles. The van der Waals surface area contributed by atoms with Gasteiger partial charge in [0.25, 0.3) is 0 Å². The van der Waals surface area contributed by atoms with Crippen LogP contribution in [0.15, 0.2) is 18.5 Å². The lowest BCUT2D eigenvalue weighted by Crippen LogP contribution is -2.13. The highest BCUT2D eigenvalue weighted by Crippen LogP contribution is 2.27. The molecule has 0 fully saturated rings. The minimum absolute atomic E-state index is 0.331. The third-order valence-corrected chi connectivity index (χ3v) is 2.85. The van der Waals surface area contributed by atoms with Gasteiger partial charge in [0.05, 0.1) is 17.9 Å². The molecule has 6 heteroatoms. The molecule has 2 aromatic rings. The second-order valence-corrected chi connectivity index (χ2v) is 4.62. The molecule has 2 aromatic heterocycles. The smallest absolute Gasteiger partial charge is 0.147 e. The van der Waals surface area contributed by atoms with E-state index in [1.54, 1.807) is 10.9 Å². The van der Waals surface area contributed by atoms with E-state index in [0.29, 0.717) is 5.92 Å². The summed E-state index contributed by atoms with van der Waals surface area (Å²) in [5, 5.41) is 11.9. The number of hydrogen-bond acceptors (Lipinski definition) is 4. The summed E-state index contributed by atoms with van der Waals surface area (Å²) in [4.78, 5) is 0. The Labute approximate surface area is 107 Å². The molecule has 98 valence electrons. The van der Waals surface area contributed by atoms with E-state index >= 15 is 0 Å². The van der Waals surface area contributed by atoms with E-state index < -0.39 is 0 Å². The molecule has 0 saturated carbocycles. The van der Waals surface area contributed by atoms with Crippen LogP contribution in [0.1, 0.15) is 25.5 Å². The zero-order valence-corrected chi connectivity index (χ0v) is 11.1. The van der Waals surface area contributed by atoms with Crippen molar-refractivity contribution in [3.63, 3.8) is 0 Å². The van der Waals surface area contributed by atoms with E-state index in [-0.39, 0.29) is 0 Å². The maximum atomic E-state index is 6.10. The van der Waals surface area contributed by atoms with Crippen LogP contribution in [0.3, 0.4) is 0 Å². The lowest BCUT2D eigenvalue weighted by Gasteiger charge is -2.08. The monoisotopic (exact) mass is 248 g/mol. The molecule has 2 rings (SSSR count). The SMILES string of the molecule is CC(C)c1nn(C)c(NCCn2cccn2)c1N. The number of hydrogen-bond donors (Lipinski definition) is 2. The van der Waals surface area contributed by atoms with Gasteiger partial charge in [0.1, 0.15) is 5.82 Å². The molecule has 6 nitrogen and oxygen atoms in total. The van der Waals surface area contributed by atoms with Crippen LogP contribution < -0.4 is 11.1 Å². The first kappa shape index (κ1) is 12.5. The minimum Gasteiger partial charge on any atom is -0.394 e. The number of rotatable bonds is 5. The molecule has 18 heavy (non-hydrogen) atoms. The van der Waals surface area contributed by atoms with Crippen LogP contribution in [0.2, 0.25) is 0 Å². The van der Waals surface area contributed by atoms with Crippen LogP contribution in [-0.2, 0) is 13.6 Å². The van der Waals surface area contributed by atoms with Crippen molar-refractivity contribution in [1.82, 2.24) is 19.6 Å². The predicted molar refractivity (Wildman–Crippen MR) is 72.4 cm³/mol. The third kappa shape index (κ3) is 2.47. The Balaban J connectivity index is 2.01. The van der Waals surface area contributed by atoms with Crippen molar-refractivity contribution in [1.29, 1.82) is 0 Å². The van der Waals surface area contributed by atoms with E-state index in [1.807, 2.05) is 24.0 Å². The largest absolute Gasteiger partial charge is 0.394 e. The fourth-order valence-corrected chi connectivity index (χ4v) is 1.92. The van der Waals surface area contributed by atoms with Crippen molar-refractivity contribution in [2.45, 2.75) is 26.3 Å². The number of aromatic nitrogens is 4. The van der Waals surface area contributed by atoms with Crippen LogP contribution in [0.25, 0.3) is 0 Å². The molecule has 0 aliphatic rings. The predicted octanol–water partition coefficient (Wildman–Crippen LogP) is 1.43. The molecule has 0 amide bonds. The number of aryl methyl sites for hydroxylation is 1. The Morgan fingerprint density at radius 3 is 2.78 bits per heavy atom. The summed E-state index contributed by atoms with van der Waals surface area (Å²) in [6.07, 6.45) is 3.71. The normalized spacial score (nSPS) is 11.1. The van der Waals surface area contributed by atoms with Gasteiger partial charge in [0.2, 0.25) is 0 Å². The van der Waals surface area contributed by atoms with Gasteiger partial charge in [-0.3, -0.25) is 9.36 Å². The Bertz CT molecular complexity index is 497. The topological polar surface area (TPSA) is 73.7 Å². The number of nitrogens with one attached hydrogen (secondary N) is 1. The third-order valence-electron chi connectivity index (χ3n) is 2.85. The fourth-order valence-electron chi connectivity index (χ4n) is 1.92. The minimum atomic E-state index is 0.331. The molecule has 0 bridgehead atoms. The van der Waals surface area contributed by atoms with Crippen LogP contribution in [0.5, 0.6) is 0 Å². The van der Waals surface area contributed by atoms with Gasteiger partial charge in [0, 0.05) is 26.0 Å². The first-order chi connectivity index (χ1) is 8.59. The first-order valence-electron chi connectivity index (χ1n) is 6.13. The van der Waals surface area contributed by atoms with Crippen molar-refractivity contribution in [2.75, 3.05) is 17.6 Å². The van der Waals surface area contributed by atoms with E-state index in [4.69, 9.17) is 5.73 Å². The second-order valence-electron chi connectivity index (χ2n) is 4.62. The van der Waals surface area contributed by atoms with Gasteiger partial charge < -0.3 is 11.1 Å². The van der Waals surface area contributed by atoms with Crippen molar-refractivity contribution < 1.29 is 0 Å². The van der Waals surface area contributed by atoms with Gasteiger partial charge in [0.15, 0.2) is 0 Å². The molecule has 0 radical (unpaired) electrons. The quantitative estimate of drug-likeness (QED) is 0.839. The number of nitrogens with zero attached hydrogens (tertiary/aromatic N) is 4. The van der Waals surface area contributed by atoms with Gasteiger partial charge in [-0.1, -0.05) is 13.8 Å². The lowest BCUT2D eigenvalue weighted by atomic mass is 10.1. The number of anilines is 2. The molecular weight excluding hydrogens is 228 g/mol. The summed E-state index contributed by atoms with van der Waals surface area (Å²) in [6, 6.07) is 1.91. The molecule has 0 aliphatic heterocycles. The molecule has 0 aliphatic carbocycles. The molecule has 0 spiro atoms. The van der Waals surface area contributed by atoms with E-state index in [2.05, 4.69) is 29.4 Å². The zero-order chi connectivity index (χ0) is 13.1. The average molecular weight is 248 g/mol. The Kier molecular flexibility index (Phi) is 3.55. The van der Waals surface area contributed by atoms with Crippen LogP contribution in [-0.4, -0.2) is 26.1 Å². The zero-order valence-electron chi connectivity index (χ0n) is 11.1. The lowest BCUT2D eigenvalue weighted by molar-refractivity contribution is 0.633. The summed E-state index contributed by atoms with van der Waals surface area (Å²) in [5.41, 5.74) is 7.78. The molecule has 0 atom stereocenters. The maximum Gasteiger partial charge on any atom is 0.147 e. The fraction of sp³-hybridized carbons (Fsp3) is 0.500. The van der Waals surface area contributed by atoms with Crippen LogP contribution in [0.4, 0.5) is 11.5 Å². The highest BCUT2D eigenvalue weighted by atomic mass is 15.3. The van der Waals surface area contributed by atoms with E-state index in [0.717, 1.165) is 30.3 Å². The van der Waals surface area contributed by atoms with E-state index in [9.17, 15) is 0 Å². The molecule has 0 unspecified atom stereocenters. The summed E-state index contributed by atoms with van der Waals surface area (Å²) in [5.74, 6) is 1.21. The Morgan fingerprint density at radius 1 is 1.44 bits per heavy atom. The van der Waals surface area contributed by atoms with Crippen molar-refractivity contribution in [2.24, 2.45) is 7.05 Å². The highest BCUT2D eigenvalue weighted by molar-refractivity contribution is 5.65. The van der Waals surface area contributed by atoms with Gasteiger partial charge in [-0.2, -0.15) is 10.2 Å². The summed E-state index contributed by atoms with van der Waals surface area (Å²) < 4.78 is 3.68. The first-order valence-corrected chi connectivity index (χ1v) is 6.13. The van der Waals surface area contributed by atoms with Gasteiger partial charge in [-0.25, -0.2) is 0 Å². The van der Waals surface area contributed by atoms with Crippen molar-refractivity contribution >= 4 is 11.5 Å². The Morgan fingerprint density at radius 2 is 2.22 bits per heavy atom. The molecule has 2 heterocycles.